The first kappa shape index (κ1) is 23.8. The smallest absolute Gasteiger partial charge is 0.326 e. The van der Waals surface area contributed by atoms with Crippen LogP contribution < -0.4 is 14.8 Å². The zero-order valence-corrected chi connectivity index (χ0v) is 19.9. The zero-order chi connectivity index (χ0) is 24.4. The molecule has 1 aliphatic carbocycles. The average Bonchev–Trinajstić information content (AvgIpc) is 3.41. The summed E-state index contributed by atoms with van der Waals surface area (Å²) in [7, 11) is 3.15. The predicted molar refractivity (Wildman–Crippen MR) is 131 cm³/mol. The van der Waals surface area contributed by atoms with Crippen LogP contribution in [0.2, 0.25) is 0 Å². The molecule has 0 aliphatic heterocycles. The number of aliphatic carboxylic acids is 1. The Hall–Kier alpha value is -3.33. The molecule has 1 aromatic heterocycles. The van der Waals surface area contributed by atoms with Crippen molar-refractivity contribution in [3.63, 3.8) is 0 Å². The molecule has 8 nitrogen and oxygen atoms in total. The fourth-order valence-corrected chi connectivity index (χ4v) is 5.23. The van der Waals surface area contributed by atoms with Crippen LogP contribution in [0.4, 0.5) is 0 Å². The number of amides is 1. The summed E-state index contributed by atoms with van der Waals surface area (Å²) in [6.45, 7) is 0. The molecule has 4 rings (SSSR count). The number of fused-ring (bicyclic) bond motifs is 2. The number of aryl methyl sites for hydroxylation is 1. The fourth-order valence-electron chi connectivity index (χ4n) is 4.81. The minimum Gasteiger partial charge on any atom is -0.508 e. The first-order valence-corrected chi connectivity index (χ1v) is 11.7. The Kier molecular flexibility index (Phi) is 6.92. The van der Waals surface area contributed by atoms with Crippen LogP contribution in [0, 0.1) is 5.92 Å². The van der Waals surface area contributed by atoms with Gasteiger partial charge in [0.2, 0.25) is 5.91 Å². The summed E-state index contributed by atoms with van der Waals surface area (Å²) in [6.07, 6.45) is 3.33. The number of aromatic nitrogens is 1. The highest BCUT2D eigenvalue weighted by atomic mass is 32.1. The van der Waals surface area contributed by atoms with E-state index in [9.17, 15) is 19.8 Å². The van der Waals surface area contributed by atoms with E-state index < -0.39 is 17.9 Å². The van der Waals surface area contributed by atoms with E-state index in [1.165, 1.54) is 0 Å². The van der Waals surface area contributed by atoms with E-state index in [2.05, 4.69) is 22.9 Å². The third-order valence-electron chi connectivity index (χ3n) is 6.58. The summed E-state index contributed by atoms with van der Waals surface area (Å²) in [5.74, 6) is -0.481. The summed E-state index contributed by atoms with van der Waals surface area (Å²) < 4.78 is 10.8. The number of carbonyl (C=O) groups excluding carboxylic acids is 1. The molecule has 2 unspecified atom stereocenters. The Morgan fingerprint density at radius 3 is 2.62 bits per heavy atom. The van der Waals surface area contributed by atoms with E-state index >= 15 is 0 Å². The number of methoxy groups -OCH3 is 2. The third-order valence-corrected chi connectivity index (χ3v) is 6.97. The number of nitrogens with one attached hydrogen (secondary N) is 2. The number of carboxylic acids is 1. The van der Waals surface area contributed by atoms with Crippen molar-refractivity contribution in [1.82, 2.24) is 10.3 Å². The second-order valence-corrected chi connectivity index (χ2v) is 8.85. The van der Waals surface area contributed by atoms with Crippen LogP contribution in [-0.2, 0) is 22.4 Å². The van der Waals surface area contributed by atoms with Gasteiger partial charge in [-0.25, -0.2) is 4.79 Å². The van der Waals surface area contributed by atoms with Gasteiger partial charge in [-0.3, -0.25) is 4.79 Å². The van der Waals surface area contributed by atoms with E-state index in [4.69, 9.17) is 9.47 Å². The van der Waals surface area contributed by atoms with Crippen LogP contribution >= 0.6 is 12.6 Å². The molecule has 4 N–H and O–H groups in total. The standard InChI is InChI=1S/C25H28N2O6S/c1-32-22-8-13-3-5-16(17(13)10-23(22)33-2)19(12-34)24(29)27-21(25(30)31)7-14-11-26-20-6-4-15(28)9-18(14)20/h4,6,8-11,16,19,21,26,28,34H,3,5,7,12H2,1-2H3,(H,27,29)(H,30,31)/t16?,19?,21-/m0/s1. The quantitative estimate of drug-likeness (QED) is 0.297. The minimum atomic E-state index is -1.13. The lowest BCUT2D eigenvalue weighted by atomic mass is 9.87. The Morgan fingerprint density at radius 1 is 1.21 bits per heavy atom. The molecule has 1 amide bonds. The van der Waals surface area contributed by atoms with Crippen molar-refractivity contribution in [1.29, 1.82) is 0 Å². The molecule has 34 heavy (non-hydrogen) atoms. The van der Waals surface area contributed by atoms with E-state index in [-0.39, 0.29) is 29.7 Å². The highest BCUT2D eigenvalue weighted by molar-refractivity contribution is 7.80. The first-order valence-electron chi connectivity index (χ1n) is 11.0. The molecule has 1 aliphatic rings. The molecule has 0 fully saturated rings. The number of thiol groups is 1. The van der Waals surface area contributed by atoms with E-state index in [1.54, 1.807) is 38.6 Å². The van der Waals surface area contributed by atoms with E-state index in [1.807, 2.05) is 12.1 Å². The molecular formula is C25H28N2O6S. The van der Waals surface area contributed by atoms with Crippen molar-refractivity contribution in [2.45, 2.75) is 31.2 Å². The van der Waals surface area contributed by atoms with Crippen molar-refractivity contribution >= 4 is 35.4 Å². The second-order valence-electron chi connectivity index (χ2n) is 8.49. The summed E-state index contributed by atoms with van der Waals surface area (Å²) in [5, 5.41) is 23.1. The lowest BCUT2D eigenvalue weighted by Gasteiger charge is -2.25. The Bertz CT molecular complexity index is 1220. The fraction of sp³-hybridized carbons (Fsp3) is 0.360. The lowest BCUT2D eigenvalue weighted by molar-refractivity contribution is -0.142. The largest absolute Gasteiger partial charge is 0.508 e. The molecule has 1 heterocycles. The topological polar surface area (TPSA) is 121 Å². The van der Waals surface area contributed by atoms with Gasteiger partial charge in [-0.2, -0.15) is 12.6 Å². The van der Waals surface area contributed by atoms with Crippen molar-refractivity contribution in [3.8, 4) is 17.2 Å². The van der Waals surface area contributed by atoms with Crippen molar-refractivity contribution in [2.24, 2.45) is 5.92 Å². The van der Waals surface area contributed by atoms with Gasteiger partial charge >= 0.3 is 5.97 Å². The highest BCUT2D eigenvalue weighted by Crippen LogP contribution is 2.44. The van der Waals surface area contributed by atoms with Crippen LogP contribution in [0.15, 0.2) is 36.5 Å². The number of carboxylic acid groups (broad SMARTS) is 1. The number of rotatable bonds is 9. The molecule has 2 aromatic carbocycles. The molecule has 3 aromatic rings. The number of phenols is 1. The molecule has 0 saturated carbocycles. The number of H-pyrrole nitrogens is 1. The summed E-state index contributed by atoms with van der Waals surface area (Å²) in [6, 6.07) is 7.58. The highest BCUT2D eigenvalue weighted by Gasteiger charge is 2.36. The van der Waals surface area contributed by atoms with E-state index in [0.717, 1.165) is 34.9 Å². The number of carbonyl (C=O) groups is 2. The molecule has 0 radical (unpaired) electrons. The molecule has 0 saturated heterocycles. The van der Waals surface area contributed by atoms with Crippen LogP contribution in [0.25, 0.3) is 10.9 Å². The summed E-state index contributed by atoms with van der Waals surface area (Å²) in [4.78, 5) is 28.4. The van der Waals surface area contributed by atoms with Gasteiger partial charge in [0.1, 0.15) is 11.8 Å². The molecule has 180 valence electrons. The number of hydrogen-bond acceptors (Lipinski definition) is 6. The van der Waals surface area contributed by atoms with E-state index in [0.29, 0.717) is 17.1 Å². The van der Waals surface area contributed by atoms with Gasteiger partial charge in [0.15, 0.2) is 11.5 Å². The van der Waals surface area contributed by atoms with Gasteiger partial charge in [-0.05, 0) is 65.8 Å². The average molecular weight is 485 g/mol. The van der Waals surface area contributed by atoms with Crippen LogP contribution in [-0.4, -0.2) is 53.1 Å². The maximum atomic E-state index is 13.3. The van der Waals surface area contributed by atoms with Crippen LogP contribution in [0.3, 0.4) is 0 Å². The normalized spacial score (nSPS) is 16.6. The molecular weight excluding hydrogens is 456 g/mol. The third kappa shape index (κ3) is 4.52. The van der Waals surface area contributed by atoms with Crippen LogP contribution in [0.1, 0.15) is 29.0 Å². The Balaban J connectivity index is 1.55. The van der Waals surface area contributed by atoms with Gasteiger partial charge in [0.05, 0.1) is 20.1 Å². The van der Waals surface area contributed by atoms with Gasteiger partial charge in [-0.1, -0.05) is 0 Å². The summed E-state index contributed by atoms with van der Waals surface area (Å²) >= 11 is 4.44. The monoisotopic (exact) mass is 484 g/mol. The number of aromatic amines is 1. The van der Waals surface area contributed by atoms with Crippen molar-refractivity contribution in [3.05, 3.63) is 53.2 Å². The summed E-state index contributed by atoms with van der Waals surface area (Å²) in [5.41, 5.74) is 3.58. The number of phenolic OH excluding ortho intramolecular Hbond substituents is 1. The minimum absolute atomic E-state index is 0.0795. The predicted octanol–water partition coefficient (Wildman–Crippen LogP) is 3.28. The lowest BCUT2D eigenvalue weighted by Crippen LogP contribution is -2.46. The SMILES string of the molecule is COc1cc2c(cc1OC)C(C(CS)C(=O)N[C@@H](Cc1c[nH]c3ccc(O)cc13)C(=O)O)CC2. The van der Waals surface area contributed by atoms with Gasteiger partial charge in [0, 0.05) is 29.3 Å². The zero-order valence-electron chi connectivity index (χ0n) is 19.0. The van der Waals surface area contributed by atoms with Crippen molar-refractivity contribution in [2.75, 3.05) is 20.0 Å². The molecule has 9 heteroatoms. The van der Waals surface area contributed by atoms with Gasteiger partial charge in [-0.15, -0.1) is 0 Å². The first-order chi connectivity index (χ1) is 16.4. The van der Waals surface area contributed by atoms with Crippen molar-refractivity contribution < 1.29 is 29.3 Å². The number of hydrogen-bond donors (Lipinski definition) is 5. The van der Waals surface area contributed by atoms with Crippen LogP contribution in [0.5, 0.6) is 17.2 Å². The maximum Gasteiger partial charge on any atom is 0.326 e. The Labute approximate surface area is 202 Å². The second kappa shape index (κ2) is 9.89. The number of benzene rings is 2. The number of aromatic hydroxyl groups is 1. The van der Waals surface area contributed by atoms with Gasteiger partial charge in [0.25, 0.3) is 0 Å². The Morgan fingerprint density at radius 2 is 1.94 bits per heavy atom. The van der Waals surface area contributed by atoms with Gasteiger partial charge < -0.3 is 30.0 Å². The molecule has 0 spiro atoms. The molecule has 3 atom stereocenters. The molecule has 0 bridgehead atoms. The number of ether oxygens (including phenoxy) is 2. The maximum absolute atomic E-state index is 13.3.